The van der Waals surface area contributed by atoms with Crippen LogP contribution in [0.5, 0.6) is 0 Å². The highest BCUT2D eigenvalue weighted by atomic mass is 16.4. The average Bonchev–Trinajstić information content (AvgIpc) is 1.65. The van der Waals surface area contributed by atoms with Crippen LogP contribution in [-0.2, 0) is 9.90 Å². The Bertz CT molecular complexity index is 72.1. The lowest BCUT2D eigenvalue weighted by Gasteiger charge is -1.94. The Morgan fingerprint density at radius 1 is 1.86 bits per heavy atom. The highest BCUT2D eigenvalue weighted by Gasteiger charge is 2.08. The van der Waals surface area contributed by atoms with E-state index in [1.165, 1.54) is 0 Å². The van der Waals surface area contributed by atoms with Crippen molar-refractivity contribution >= 4 is 5.97 Å². The molecular formula is C4H8NO2. The third-order valence-corrected chi connectivity index (χ3v) is 0.743. The van der Waals surface area contributed by atoms with Crippen molar-refractivity contribution in [3.05, 3.63) is 0 Å². The lowest BCUT2D eigenvalue weighted by atomic mass is 10.2. The molecule has 1 atom stereocenters. The van der Waals surface area contributed by atoms with Gasteiger partial charge in [-0.05, 0) is 6.42 Å². The van der Waals surface area contributed by atoms with Crippen molar-refractivity contribution in [1.82, 2.24) is 0 Å². The third kappa shape index (κ3) is 2.17. The van der Waals surface area contributed by atoms with Crippen molar-refractivity contribution in [2.24, 2.45) is 5.73 Å². The minimum Gasteiger partial charge on any atom is -0.318 e. The minimum atomic E-state index is -1.18. The van der Waals surface area contributed by atoms with Crippen LogP contribution in [0, 0.1) is 0 Å². The van der Waals surface area contributed by atoms with Crippen molar-refractivity contribution in [1.29, 1.82) is 0 Å². The van der Waals surface area contributed by atoms with E-state index in [4.69, 9.17) is 5.73 Å². The first-order valence-electron chi connectivity index (χ1n) is 2.15. The molecule has 0 bridgehead atoms. The van der Waals surface area contributed by atoms with Crippen molar-refractivity contribution < 1.29 is 9.90 Å². The first-order valence-corrected chi connectivity index (χ1v) is 2.15. The summed E-state index contributed by atoms with van der Waals surface area (Å²) in [6, 6.07) is -0.792. The molecule has 3 heteroatoms. The zero-order valence-corrected chi connectivity index (χ0v) is 4.18. The molecule has 2 N–H and O–H groups in total. The predicted molar refractivity (Wildman–Crippen MR) is 24.0 cm³/mol. The second-order valence-electron chi connectivity index (χ2n) is 1.33. The van der Waals surface area contributed by atoms with Crippen molar-refractivity contribution in [2.45, 2.75) is 19.4 Å². The lowest BCUT2D eigenvalue weighted by Crippen LogP contribution is -2.27. The van der Waals surface area contributed by atoms with Crippen LogP contribution in [0.2, 0.25) is 0 Å². The van der Waals surface area contributed by atoms with Gasteiger partial charge in [0, 0.05) is 0 Å². The normalized spacial score (nSPS) is 13.4. The second kappa shape index (κ2) is 2.58. The van der Waals surface area contributed by atoms with Crippen LogP contribution in [0.4, 0.5) is 0 Å². The van der Waals surface area contributed by atoms with Gasteiger partial charge in [0.1, 0.15) is 6.04 Å². The van der Waals surface area contributed by atoms with E-state index in [9.17, 15) is 9.90 Å². The molecule has 0 aliphatic rings. The number of nitrogens with two attached hydrogens (primary N) is 1. The van der Waals surface area contributed by atoms with E-state index in [2.05, 4.69) is 0 Å². The summed E-state index contributed by atoms with van der Waals surface area (Å²) >= 11 is 0. The van der Waals surface area contributed by atoms with Gasteiger partial charge in [0.05, 0.1) is 0 Å². The summed E-state index contributed by atoms with van der Waals surface area (Å²) in [6.07, 6.45) is 0.433. The van der Waals surface area contributed by atoms with Gasteiger partial charge < -0.3 is 5.73 Å². The maximum absolute atomic E-state index is 9.69. The van der Waals surface area contributed by atoms with E-state index in [1.807, 2.05) is 0 Å². The molecular weight excluding hydrogens is 94.0 g/mol. The molecule has 0 spiro atoms. The first-order chi connectivity index (χ1) is 3.18. The molecule has 0 rings (SSSR count). The van der Waals surface area contributed by atoms with Crippen LogP contribution in [0.3, 0.4) is 0 Å². The monoisotopic (exact) mass is 102 g/mol. The Kier molecular flexibility index (Phi) is 2.37. The molecule has 0 aromatic carbocycles. The van der Waals surface area contributed by atoms with Gasteiger partial charge in [-0.1, -0.05) is 6.92 Å². The van der Waals surface area contributed by atoms with Crippen LogP contribution in [-0.4, -0.2) is 12.0 Å². The minimum absolute atomic E-state index is 0.433. The molecule has 0 fully saturated rings. The first kappa shape index (κ1) is 6.43. The molecule has 0 aliphatic heterocycles. The maximum atomic E-state index is 9.69. The summed E-state index contributed by atoms with van der Waals surface area (Å²) in [6.45, 7) is 1.69. The molecule has 1 radical (unpaired) electrons. The van der Waals surface area contributed by atoms with E-state index in [0.29, 0.717) is 6.42 Å². The highest BCUT2D eigenvalue weighted by Crippen LogP contribution is 1.82. The van der Waals surface area contributed by atoms with Crippen LogP contribution < -0.4 is 5.73 Å². The fraction of sp³-hybridized carbons (Fsp3) is 0.750. The molecule has 0 saturated heterocycles. The van der Waals surface area contributed by atoms with Crippen molar-refractivity contribution in [2.75, 3.05) is 0 Å². The van der Waals surface area contributed by atoms with Gasteiger partial charge >= 0.3 is 5.97 Å². The molecule has 41 valence electrons. The van der Waals surface area contributed by atoms with Gasteiger partial charge in [0.15, 0.2) is 0 Å². The Balaban J connectivity index is 3.34. The van der Waals surface area contributed by atoms with Crippen LogP contribution in [0.15, 0.2) is 0 Å². The zero-order valence-electron chi connectivity index (χ0n) is 4.18. The Morgan fingerprint density at radius 3 is 2.29 bits per heavy atom. The summed E-state index contributed by atoms with van der Waals surface area (Å²) in [5, 5.41) is 9.69. The van der Waals surface area contributed by atoms with E-state index in [-0.39, 0.29) is 0 Å². The average molecular weight is 102 g/mol. The summed E-state index contributed by atoms with van der Waals surface area (Å²) in [4.78, 5) is 9.69. The maximum Gasteiger partial charge on any atom is 0.372 e. The summed E-state index contributed by atoms with van der Waals surface area (Å²) in [5.74, 6) is -1.18. The molecule has 7 heavy (non-hydrogen) atoms. The molecule has 1 unspecified atom stereocenters. The molecule has 0 aliphatic carbocycles. The van der Waals surface area contributed by atoms with Gasteiger partial charge in [-0.25, -0.2) is 9.90 Å². The van der Waals surface area contributed by atoms with E-state index in [0.717, 1.165) is 0 Å². The number of hydrogen-bond acceptors (Lipinski definition) is 2. The Morgan fingerprint density at radius 2 is 2.29 bits per heavy atom. The zero-order chi connectivity index (χ0) is 5.86. The molecule has 0 saturated carbocycles. The second-order valence-corrected chi connectivity index (χ2v) is 1.33. The molecule has 0 aromatic rings. The summed E-state index contributed by atoms with van der Waals surface area (Å²) in [7, 11) is 0. The van der Waals surface area contributed by atoms with E-state index >= 15 is 0 Å². The topological polar surface area (TPSA) is 63.0 Å². The fourth-order valence-electron chi connectivity index (χ4n) is 0.167. The smallest absolute Gasteiger partial charge is 0.318 e. The van der Waals surface area contributed by atoms with Crippen LogP contribution >= 0.6 is 0 Å². The number of rotatable bonds is 2. The lowest BCUT2D eigenvalue weighted by molar-refractivity contribution is -0.144. The quantitative estimate of drug-likeness (QED) is 0.519. The number of carbonyl (C=O) groups is 1. The van der Waals surface area contributed by atoms with Gasteiger partial charge in [0.25, 0.3) is 0 Å². The third-order valence-electron chi connectivity index (χ3n) is 0.743. The predicted octanol–water partition coefficient (Wildman–Crippen LogP) is -0.319. The molecule has 0 aromatic heterocycles. The Labute approximate surface area is 42.1 Å². The largest absolute Gasteiger partial charge is 0.372 e. The highest BCUT2D eigenvalue weighted by molar-refractivity contribution is 5.72. The molecule has 0 heterocycles. The van der Waals surface area contributed by atoms with E-state index in [1.54, 1.807) is 6.92 Å². The SMILES string of the molecule is CCC(N)C([O])=O. The number of hydrogen-bond donors (Lipinski definition) is 1. The van der Waals surface area contributed by atoms with Crippen molar-refractivity contribution in [3.8, 4) is 0 Å². The number of carbonyl (C=O) groups excluding carboxylic acids is 1. The fourth-order valence-corrected chi connectivity index (χ4v) is 0.167. The summed E-state index contributed by atoms with van der Waals surface area (Å²) in [5.41, 5.74) is 4.95. The Hall–Kier alpha value is -0.570. The molecule has 3 nitrogen and oxygen atoms in total. The molecule has 0 amide bonds. The van der Waals surface area contributed by atoms with Gasteiger partial charge in [0.2, 0.25) is 0 Å². The van der Waals surface area contributed by atoms with Crippen LogP contribution in [0.25, 0.3) is 0 Å². The van der Waals surface area contributed by atoms with Gasteiger partial charge in [-0.15, -0.1) is 0 Å². The van der Waals surface area contributed by atoms with Gasteiger partial charge in [-0.2, -0.15) is 0 Å². The van der Waals surface area contributed by atoms with Gasteiger partial charge in [-0.3, -0.25) is 0 Å². The van der Waals surface area contributed by atoms with E-state index < -0.39 is 12.0 Å². The van der Waals surface area contributed by atoms with Crippen LogP contribution in [0.1, 0.15) is 13.3 Å². The standard InChI is InChI=1S/C4H8NO2/c1-2-3(5)4(6)7/h3H,2,5H2,1H3. The van der Waals surface area contributed by atoms with Crippen molar-refractivity contribution in [3.63, 3.8) is 0 Å². The summed E-state index contributed by atoms with van der Waals surface area (Å²) < 4.78 is 0.